The second-order valence-electron chi connectivity index (χ2n) is 5.29. The highest BCUT2D eigenvalue weighted by Gasteiger charge is 2.21. The van der Waals surface area contributed by atoms with Gasteiger partial charge < -0.3 is 10.4 Å². The van der Waals surface area contributed by atoms with Crippen LogP contribution in [0.2, 0.25) is 0 Å². The lowest BCUT2D eigenvalue weighted by atomic mass is 10.2. The number of rotatable bonds is 6. The minimum absolute atomic E-state index is 0.0141. The second-order valence-corrected chi connectivity index (χ2v) is 7.87. The molecule has 2 aromatic heterocycles. The number of aryl methyl sites for hydroxylation is 1. The van der Waals surface area contributed by atoms with Crippen molar-refractivity contribution in [2.75, 3.05) is 10.0 Å². The molecule has 0 atom stereocenters. The number of benzene rings is 1. The Morgan fingerprint density at radius 3 is 2.52 bits per heavy atom. The Balaban J connectivity index is 1.76. The van der Waals surface area contributed by atoms with Crippen LogP contribution < -0.4 is 10.0 Å². The van der Waals surface area contributed by atoms with Crippen molar-refractivity contribution in [2.24, 2.45) is 7.05 Å². The van der Waals surface area contributed by atoms with Crippen LogP contribution in [0.4, 0.5) is 10.8 Å². The number of nitrogens with one attached hydrogen (secondary N) is 2. The number of anilines is 2. The predicted molar refractivity (Wildman–Crippen MR) is 97.5 cm³/mol. The van der Waals surface area contributed by atoms with Gasteiger partial charge in [0.2, 0.25) is 0 Å². The minimum Gasteiger partial charge on any atom is -0.478 e. The number of amides is 1. The van der Waals surface area contributed by atoms with E-state index in [2.05, 4.69) is 20.1 Å². The van der Waals surface area contributed by atoms with Crippen LogP contribution in [-0.2, 0) is 17.1 Å². The maximum absolute atomic E-state index is 12.3. The van der Waals surface area contributed by atoms with Gasteiger partial charge in [-0.15, -0.1) is 11.3 Å². The van der Waals surface area contributed by atoms with Gasteiger partial charge in [0.15, 0.2) is 10.8 Å². The molecule has 0 aliphatic heterocycles. The van der Waals surface area contributed by atoms with Crippen molar-refractivity contribution in [3.05, 3.63) is 53.3 Å². The predicted octanol–water partition coefficient (Wildman–Crippen LogP) is 1.63. The Hall–Kier alpha value is -3.25. The topological polar surface area (TPSA) is 143 Å². The van der Waals surface area contributed by atoms with Gasteiger partial charge in [-0.25, -0.2) is 18.2 Å². The van der Waals surface area contributed by atoms with Crippen LogP contribution in [0.3, 0.4) is 0 Å². The van der Waals surface area contributed by atoms with Gasteiger partial charge >= 0.3 is 5.97 Å². The van der Waals surface area contributed by atoms with E-state index in [4.69, 9.17) is 5.11 Å². The van der Waals surface area contributed by atoms with Crippen molar-refractivity contribution in [1.29, 1.82) is 0 Å². The number of carbonyl (C=O) groups is 2. The molecule has 1 amide bonds. The third-order valence-electron chi connectivity index (χ3n) is 3.35. The quantitative estimate of drug-likeness (QED) is 0.563. The van der Waals surface area contributed by atoms with Gasteiger partial charge in [-0.3, -0.25) is 14.2 Å². The molecule has 0 radical (unpaired) electrons. The highest BCUT2D eigenvalue weighted by molar-refractivity contribution is 7.93. The maximum Gasteiger partial charge on any atom is 0.339 e. The molecule has 140 valence electrons. The van der Waals surface area contributed by atoms with E-state index < -0.39 is 21.9 Å². The van der Waals surface area contributed by atoms with Gasteiger partial charge in [-0.1, -0.05) is 0 Å². The third kappa shape index (κ3) is 4.12. The monoisotopic (exact) mass is 407 g/mol. The minimum atomic E-state index is -3.80. The molecule has 3 aromatic rings. The van der Waals surface area contributed by atoms with E-state index in [-0.39, 0.29) is 27.0 Å². The van der Waals surface area contributed by atoms with Crippen molar-refractivity contribution >= 4 is 44.1 Å². The van der Waals surface area contributed by atoms with Crippen LogP contribution in [0.25, 0.3) is 0 Å². The molecule has 0 unspecified atom stereocenters. The molecule has 10 nitrogen and oxygen atoms in total. The fourth-order valence-electron chi connectivity index (χ4n) is 2.17. The summed E-state index contributed by atoms with van der Waals surface area (Å²) in [7, 11) is -2.31. The normalized spacial score (nSPS) is 11.1. The average molecular weight is 407 g/mol. The summed E-state index contributed by atoms with van der Waals surface area (Å²) in [5, 5.41) is 17.3. The number of aromatic carboxylic acids is 1. The van der Waals surface area contributed by atoms with Crippen LogP contribution in [0.1, 0.15) is 20.8 Å². The number of sulfonamides is 1. The van der Waals surface area contributed by atoms with Gasteiger partial charge in [0, 0.05) is 30.5 Å². The van der Waals surface area contributed by atoms with Gasteiger partial charge in [-0.2, -0.15) is 5.10 Å². The summed E-state index contributed by atoms with van der Waals surface area (Å²) in [5.74, 6) is -1.99. The van der Waals surface area contributed by atoms with Crippen LogP contribution >= 0.6 is 11.3 Å². The molecule has 27 heavy (non-hydrogen) atoms. The molecular formula is C15H13N5O5S2. The lowest BCUT2D eigenvalue weighted by Crippen LogP contribution is -2.17. The summed E-state index contributed by atoms with van der Waals surface area (Å²) in [5.41, 5.74) is -0.191. The molecule has 12 heteroatoms. The van der Waals surface area contributed by atoms with Crippen molar-refractivity contribution in [3.8, 4) is 0 Å². The van der Waals surface area contributed by atoms with Crippen LogP contribution in [0, 0.1) is 0 Å². The standard InChI is InChI=1S/C15H13N5O5S2/c1-20-8-11(14(22)23)12(18-20)13(21)17-9-2-4-10(5-3-9)27(24,25)19-15-16-6-7-26-15/h2-8H,1H3,(H,16,19)(H,17,21)(H,22,23). The number of nitrogens with zero attached hydrogens (tertiary/aromatic N) is 3. The van der Waals surface area contributed by atoms with Crippen molar-refractivity contribution in [3.63, 3.8) is 0 Å². The average Bonchev–Trinajstić information content (AvgIpc) is 3.24. The number of aromatic nitrogens is 3. The van der Waals surface area contributed by atoms with Crippen molar-refractivity contribution in [1.82, 2.24) is 14.8 Å². The van der Waals surface area contributed by atoms with E-state index in [9.17, 15) is 18.0 Å². The Labute approximate surface area is 157 Å². The number of carboxylic acids is 1. The summed E-state index contributed by atoms with van der Waals surface area (Å²) >= 11 is 1.14. The van der Waals surface area contributed by atoms with Gasteiger partial charge in [-0.05, 0) is 24.3 Å². The van der Waals surface area contributed by atoms with E-state index in [0.717, 1.165) is 11.3 Å². The van der Waals surface area contributed by atoms with Gasteiger partial charge in [0.05, 0.1) is 4.90 Å². The molecule has 0 bridgehead atoms. The zero-order valence-corrected chi connectivity index (χ0v) is 15.4. The second kappa shape index (κ2) is 7.17. The smallest absolute Gasteiger partial charge is 0.339 e. The van der Waals surface area contributed by atoms with Crippen LogP contribution in [0.5, 0.6) is 0 Å². The maximum atomic E-state index is 12.3. The molecule has 0 saturated carbocycles. The Kier molecular flexibility index (Phi) is 4.92. The zero-order chi connectivity index (χ0) is 19.6. The molecule has 0 saturated heterocycles. The van der Waals surface area contributed by atoms with E-state index in [1.54, 1.807) is 5.38 Å². The summed E-state index contributed by atoms with van der Waals surface area (Å²) < 4.78 is 28.1. The first-order valence-electron chi connectivity index (χ1n) is 7.37. The van der Waals surface area contributed by atoms with Crippen molar-refractivity contribution < 1.29 is 23.1 Å². The molecule has 0 fully saturated rings. The summed E-state index contributed by atoms with van der Waals surface area (Å²) in [6.45, 7) is 0. The van der Waals surface area contributed by atoms with E-state index >= 15 is 0 Å². The van der Waals surface area contributed by atoms with Crippen molar-refractivity contribution in [2.45, 2.75) is 4.90 Å². The van der Waals surface area contributed by atoms with Crippen LogP contribution in [-0.4, -0.2) is 40.2 Å². The highest BCUT2D eigenvalue weighted by Crippen LogP contribution is 2.20. The van der Waals surface area contributed by atoms with E-state index in [0.29, 0.717) is 0 Å². The lowest BCUT2D eigenvalue weighted by molar-refractivity contribution is 0.0692. The fraction of sp³-hybridized carbons (Fsp3) is 0.0667. The van der Waals surface area contributed by atoms with Crippen LogP contribution in [0.15, 0.2) is 46.9 Å². The highest BCUT2D eigenvalue weighted by atomic mass is 32.2. The Morgan fingerprint density at radius 2 is 1.93 bits per heavy atom. The number of hydrogen-bond acceptors (Lipinski definition) is 7. The molecule has 3 N–H and O–H groups in total. The first-order chi connectivity index (χ1) is 12.8. The Morgan fingerprint density at radius 1 is 1.22 bits per heavy atom. The molecule has 0 aliphatic carbocycles. The largest absolute Gasteiger partial charge is 0.478 e. The third-order valence-corrected chi connectivity index (χ3v) is 5.52. The molecule has 3 rings (SSSR count). The number of thiazole rings is 1. The van der Waals surface area contributed by atoms with E-state index in [1.807, 2.05) is 0 Å². The summed E-state index contributed by atoms with van der Waals surface area (Å²) in [6, 6.07) is 5.39. The van der Waals surface area contributed by atoms with Gasteiger partial charge in [0.25, 0.3) is 15.9 Å². The number of hydrogen-bond donors (Lipinski definition) is 3. The van der Waals surface area contributed by atoms with Gasteiger partial charge in [0.1, 0.15) is 5.56 Å². The number of carbonyl (C=O) groups excluding carboxylic acids is 1. The lowest BCUT2D eigenvalue weighted by Gasteiger charge is -2.07. The molecular weight excluding hydrogens is 394 g/mol. The summed E-state index contributed by atoms with van der Waals surface area (Å²) in [6.07, 6.45) is 2.70. The first-order valence-corrected chi connectivity index (χ1v) is 9.73. The summed E-state index contributed by atoms with van der Waals surface area (Å²) in [4.78, 5) is 27.3. The first kappa shape index (κ1) is 18.5. The SMILES string of the molecule is Cn1cc(C(=O)O)c(C(=O)Nc2ccc(S(=O)(=O)Nc3nccs3)cc2)n1. The number of carboxylic acid groups (broad SMARTS) is 1. The zero-order valence-electron chi connectivity index (χ0n) is 13.8. The molecule has 0 spiro atoms. The Bertz CT molecular complexity index is 1090. The molecule has 1 aromatic carbocycles. The molecule has 0 aliphatic rings. The molecule has 2 heterocycles. The van der Waals surface area contributed by atoms with E-state index in [1.165, 1.54) is 48.4 Å². The fourth-order valence-corrected chi connectivity index (χ4v) is 3.96.